The van der Waals surface area contributed by atoms with Crippen molar-refractivity contribution in [2.24, 2.45) is 11.8 Å². The van der Waals surface area contributed by atoms with Crippen LogP contribution < -0.4 is 0 Å². The van der Waals surface area contributed by atoms with E-state index in [1.165, 1.54) is 18.4 Å². The Balaban J connectivity index is 2.31. The molecule has 0 aromatic rings. The molecule has 16 heavy (non-hydrogen) atoms. The van der Waals surface area contributed by atoms with E-state index in [0.717, 1.165) is 19.3 Å². The second kappa shape index (κ2) is 4.14. The number of hydrogen-bond donors (Lipinski definition) is 0. The van der Waals surface area contributed by atoms with Crippen LogP contribution in [-0.2, 0) is 4.79 Å². The molecule has 2 aliphatic rings. The molecule has 0 amide bonds. The first kappa shape index (κ1) is 12.1. The predicted octanol–water partition coefficient (Wildman–Crippen LogP) is 4.03. The molecule has 3 atom stereocenters. The molecule has 2 heteroatoms. The Hall–Kier alpha value is -0.373. The van der Waals surface area contributed by atoms with Gasteiger partial charge < -0.3 is 0 Å². The number of hydrogen-bond acceptors (Lipinski definition) is 1. The van der Waals surface area contributed by atoms with Crippen LogP contribution in [0.2, 0.25) is 25.2 Å². The molecule has 0 saturated heterocycles. The lowest BCUT2D eigenvalue weighted by atomic mass is 9.90. The number of carbonyl (C=O) groups is 1. The molecular weight excluding hydrogens is 212 g/mol. The minimum Gasteiger partial charge on any atom is -0.299 e. The first-order valence-electron chi connectivity index (χ1n) is 6.61. The van der Waals surface area contributed by atoms with E-state index in [4.69, 9.17) is 0 Å². The van der Waals surface area contributed by atoms with Crippen molar-refractivity contribution in [2.75, 3.05) is 0 Å². The predicted molar refractivity (Wildman–Crippen MR) is 71.3 cm³/mol. The Bertz CT molecular complexity index is 313. The van der Waals surface area contributed by atoms with Crippen molar-refractivity contribution in [2.45, 2.75) is 57.3 Å². The van der Waals surface area contributed by atoms with E-state index in [9.17, 15) is 4.79 Å². The molecule has 0 heterocycles. The molecule has 0 aliphatic heterocycles. The van der Waals surface area contributed by atoms with E-state index in [0.29, 0.717) is 23.2 Å². The van der Waals surface area contributed by atoms with Crippen molar-refractivity contribution in [3.8, 4) is 0 Å². The summed E-state index contributed by atoms with van der Waals surface area (Å²) in [7, 11) is -1.28. The van der Waals surface area contributed by atoms with Crippen LogP contribution >= 0.6 is 0 Å². The fourth-order valence-corrected chi connectivity index (χ4v) is 6.75. The number of rotatable bonds is 1. The normalized spacial score (nSPS) is 36.1. The number of carbonyl (C=O) groups excluding carboxylic acids is 1. The van der Waals surface area contributed by atoms with Crippen molar-refractivity contribution in [1.29, 1.82) is 0 Å². The number of ketones is 1. The van der Waals surface area contributed by atoms with E-state index in [2.05, 4.69) is 26.2 Å². The Labute approximate surface area is 100 Å². The third-order valence-electron chi connectivity index (χ3n) is 4.38. The van der Waals surface area contributed by atoms with Gasteiger partial charge in [0.1, 0.15) is 5.78 Å². The highest BCUT2D eigenvalue weighted by molar-refractivity contribution is 6.78. The summed E-state index contributed by atoms with van der Waals surface area (Å²) >= 11 is 0. The Morgan fingerprint density at radius 3 is 2.56 bits per heavy atom. The Morgan fingerprint density at radius 2 is 1.94 bits per heavy atom. The van der Waals surface area contributed by atoms with Crippen molar-refractivity contribution in [3.63, 3.8) is 0 Å². The molecular formula is C14H24OSi. The zero-order valence-corrected chi connectivity index (χ0v) is 11.9. The Morgan fingerprint density at radius 1 is 1.25 bits per heavy atom. The summed E-state index contributed by atoms with van der Waals surface area (Å²) in [5.41, 5.74) is 1.95. The van der Waals surface area contributed by atoms with E-state index in [1.807, 2.05) is 0 Å². The SMILES string of the molecule is C=C1C[C@H]2CCCCC(=O)[C@@H]2C1[Si](C)(C)C. The Kier molecular flexibility index (Phi) is 3.13. The van der Waals surface area contributed by atoms with Crippen LogP contribution in [0.5, 0.6) is 0 Å². The van der Waals surface area contributed by atoms with Crippen LogP contribution in [0, 0.1) is 11.8 Å². The molecule has 0 aromatic carbocycles. The summed E-state index contributed by atoms with van der Waals surface area (Å²) in [6.07, 6.45) is 5.59. The van der Waals surface area contributed by atoms with Crippen molar-refractivity contribution in [3.05, 3.63) is 12.2 Å². The largest absolute Gasteiger partial charge is 0.299 e. The quantitative estimate of drug-likeness (QED) is 0.496. The van der Waals surface area contributed by atoms with Gasteiger partial charge in [-0.2, -0.15) is 0 Å². The van der Waals surface area contributed by atoms with E-state index < -0.39 is 8.07 Å². The molecule has 0 spiro atoms. The summed E-state index contributed by atoms with van der Waals surface area (Å²) in [5, 5.41) is 0. The molecule has 2 saturated carbocycles. The van der Waals surface area contributed by atoms with Gasteiger partial charge in [-0.05, 0) is 30.7 Å². The van der Waals surface area contributed by atoms with Gasteiger partial charge in [0.05, 0.1) is 8.07 Å². The fraction of sp³-hybridized carbons (Fsp3) is 0.786. The fourth-order valence-electron chi connectivity index (χ4n) is 3.87. The molecule has 2 rings (SSSR count). The van der Waals surface area contributed by atoms with Gasteiger partial charge in [-0.25, -0.2) is 0 Å². The van der Waals surface area contributed by atoms with Crippen molar-refractivity contribution < 1.29 is 4.79 Å². The monoisotopic (exact) mass is 236 g/mol. The lowest BCUT2D eigenvalue weighted by Crippen LogP contribution is -2.35. The van der Waals surface area contributed by atoms with Crippen LogP contribution in [-0.4, -0.2) is 13.9 Å². The molecule has 0 aromatic heterocycles. The average Bonchev–Trinajstić information content (AvgIpc) is 2.40. The topological polar surface area (TPSA) is 17.1 Å². The van der Waals surface area contributed by atoms with E-state index >= 15 is 0 Å². The van der Waals surface area contributed by atoms with Gasteiger partial charge in [0.15, 0.2) is 0 Å². The van der Waals surface area contributed by atoms with Gasteiger partial charge >= 0.3 is 0 Å². The van der Waals surface area contributed by atoms with Crippen molar-refractivity contribution >= 4 is 13.9 Å². The van der Waals surface area contributed by atoms with Gasteiger partial charge in [0, 0.05) is 12.3 Å². The molecule has 1 nitrogen and oxygen atoms in total. The number of Topliss-reactive ketones (excluding diaryl/α,β-unsaturated/α-hetero) is 1. The maximum Gasteiger partial charge on any atom is 0.136 e. The van der Waals surface area contributed by atoms with Gasteiger partial charge in [-0.3, -0.25) is 4.79 Å². The number of fused-ring (bicyclic) bond motifs is 1. The summed E-state index contributed by atoms with van der Waals surface area (Å²) in [4.78, 5) is 12.3. The molecule has 0 N–H and O–H groups in total. The molecule has 90 valence electrons. The first-order valence-corrected chi connectivity index (χ1v) is 10.2. The second-order valence-corrected chi connectivity index (χ2v) is 12.1. The molecule has 2 fully saturated rings. The molecule has 1 unspecified atom stereocenters. The third kappa shape index (κ3) is 2.04. The van der Waals surface area contributed by atoms with Crippen LogP contribution in [0.15, 0.2) is 12.2 Å². The maximum absolute atomic E-state index is 12.3. The summed E-state index contributed by atoms with van der Waals surface area (Å²) < 4.78 is 0. The smallest absolute Gasteiger partial charge is 0.136 e. The maximum atomic E-state index is 12.3. The highest BCUT2D eigenvalue weighted by Crippen LogP contribution is 2.53. The van der Waals surface area contributed by atoms with Gasteiger partial charge in [-0.1, -0.05) is 38.2 Å². The average molecular weight is 236 g/mol. The van der Waals surface area contributed by atoms with Crippen LogP contribution in [0.1, 0.15) is 32.1 Å². The summed E-state index contributed by atoms with van der Waals surface area (Å²) in [6, 6.07) is 0. The van der Waals surface area contributed by atoms with Gasteiger partial charge in [0.2, 0.25) is 0 Å². The summed E-state index contributed by atoms with van der Waals surface area (Å²) in [5.74, 6) is 1.54. The summed E-state index contributed by atoms with van der Waals surface area (Å²) in [6.45, 7) is 11.5. The zero-order chi connectivity index (χ0) is 11.9. The van der Waals surface area contributed by atoms with Crippen LogP contribution in [0.25, 0.3) is 0 Å². The second-order valence-electron chi connectivity index (χ2n) is 6.70. The van der Waals surface area contributed by atoms with Gasteiger partial charge in [0.25, 0.3) is 0 Å². The first-order chi connectivity index (χ1) is 7.41. The van der Waals surface area contributed by atoms with E-state index in [1.54, 1.807) is 0 Å². The molecule has 0 bridgehead atoms. The minimum absolute atomic E-state index is 0.349. The minimum atomic E-state index is -1.28. The lowest BCUT2D eigenvalue weighted by molar-refractivity contribution is -0.123. The van der Waals surface area contributed by atoms with Crippen molar-refractivity contribution in [1.82, 2.24) is 0 Å². The molecule has 2 aliphatic carbocycles. The van der Waals surface area contributed by atoms with Crippen LogP contribution in [0.4, 0.5) is 0 Å². The number of allylic oxidation sites excluding steroid dienone is 1. The van der Waals surface area contributed by atoms with Gasteiger partial charge in [-0.15, -0.1) is 0 Å². The standard InChI is InChI=1S/C14H24OSi/c1-10-9-11-7-5-6-8-12(15)13(11)14(10)16(2,3)4/h11,13-14H,1,5-9H2,2-4H3/t11-,13-,14?/m1/s1. The third-order valence-corrected chi connectivity index (χ3v) is 7.02. The lowest BCUT2D eigenvalue weighted by Gasteiger charge is -2.32. The highest BCUT2D eigenvalue weighted by Gasteiger charge is 2.48. The van der Waals surface area contributed by atoms with Crippen LogP contribution in [0.3, 0.4) is 0 Å². The van der Waals surface area contributed by atoms with E-state index in [-0.39, 0.29) is 0 Å². The molecule has 0 radical (unpaired) electrons. The zero-order valence-electron chi connectivity index (χ0n) is 10.9. The highest BCUT2D eigenvalue weighted by atomic mass is 28.3.